The predicted octanol–water partition coefficient (Wildman–Crippen LogP) is 4.15. The van der Waals surface area contributed by atoms with Crippen LogP contribution in [-0.4, -0.2) is 33.1 Å². The van der Waals surface area contributed by atoms with E-state index in [1.807, 2.05) is 18.2 Å². The van der Waals surface area contributed by atoms with Crippen LogP contribution in [0.2, 0.25) is 10.0 Å². The molecule has 0 fully saturated rings. The van der Waals surface area contributed by atoms with E-state index in [-0.39, 0.29) is 11.7 Å². The lowest BCUT2D eigenvalue weighted by Gasteiger charge is -1.99. The summed E-state index contributed by atoms with van der Waals surface area (Å²) >= 11 is 14.4. The summed E-state index contributed by atoms with van der Waals surface area (Å²) in [5.74, 6) is -0.0730. The molecule has 1 N–H and O–H groups in total. The molecule has 0 unspecified atom stereocenters. The Kier molecular flexibility index (Phi) is 6.56. The van der Waals surface area contributed by atoms with Gasteiger partial charge in [0, 0.05) is 6.20 Å². The van der Waals surface area contributed by atoms with Crippen molar-refractivity contribution in [2.24, 2.45) is 5.10 Å². The van der Waals surface area contributed by atoms with Gasteiger partial charge in [-0.2, -0.15) is 5.10 Å². The van der Waals surface area contributed by atoms with Crippen LogP contribution in [0.25, 0.3) is 10.7 Å². The Morgan fingerprint density at radius 2 is 2.12 bits per heavy atom. The highest BCUT2D eigenvalue weighted by molar-refractivity contribution is 8.01. The van der Waals surface area contributed by atoms with Crippen molar-refractivity contribution in [3.63, 3.8) is 0 Å². The standard InChI is InChI=1S/C16H11Cl2N5OS2/c17-11-5-4-10(7-12(11)18)8-20-21-14(24)9-25-16-23-22-15(26-16)13-3-1-2-6-19-13/h1-8H,9H2,(H,21,24)/b20-8+. The summed E-state index contributed by atoms with van der Waals surface area (Å²) in [6.45, 7) is 0. The van der Waals surface area contributed by atoms with Crippen molar-refractivity contribution < 1.29 is 4.79 Å². The van der Waals surface area contributed by atoms with Crippen molar-refractivity contribution in [2.75, 3.05) is 5.75 Å². The maximum atomic E-state index is 11.9. The number of rotatable bonds is 6. The molecule has 1 amide bonds. The zero-order chi connectivity index (χ0) is 18.4. The Hall–Kier alpha value is -2.00. The van der Waals surface area contributed by atoms with Gasteiger partial charge in [0.25, 0.3) is 5.91 Å². The predicted molar refractivity (Wildman–Crippen MR) is 106 cm³/mol. The molecule has 0 bridgehead atoms. The van der Waals surface area contributed by atoms with E-state index in [0.29, 0.717) is 19.4 Å². The van der Waals surface area contributed by atoms with Gasteiger partial charge in [0.05, 0.1) is 22.0 Å². The molecule has 26 heavy (non-hydrogen) atoms. The average molecular weight is 424 g/mol. The van der Waals surface area contributed by atoms with E-state index in [0.717, 1.165) is 11.3 Å². The van der Waals surface area contributed by atoms with Crippen LogP contribution >= 0.6 is 46.3 Å². The smallest absolute Gasteiger partial charge is 0.250 e. The monoisotopic (exact) mass is 423 g/mol. The number of nitrogens with zero attached hydrogens (tertiary/aromatic N) is 4. The summed E-state index contributed by atoms with van der Waals surface area (Å²) in [4.78, 5) is 16.1. The Morgan fingerprint density at radius 3 is 2.88 bits per heavy atom. The quantitative estimate of drug-likeness (QED) is 0.365. The van der Waals surface area contributed by atoms with Crippen LogP contribution in [0.5, 0.6) is 0 Å². The number of benzene rings is 1. The molecule has 6 nitrogen and oxygen atoms in total. The fourth-order valence-electron chi connectivity index (χ4n) is 1.79. The number of hydrazone groups is 1. The van der Waals surface area contributed by atoms with Crippen LogP contribution in [-0.2, 0) is 4.79 Å². The van der Waals surface area contributed by atoms with Gasteiger partial charge in [0.2, 0.25) is 0 Å². The summed E-state index contributed by atoms with van der Waals surface area (Å²) in [6.07, 6.45) is 3.19. The summed E-state index contributed by atoms with van der Waals surface area (Å²) in [5, 5.41) is 13.6. The van der Waals surface area contributed by atoms with Crippen molar-refractivity contribution in [1.29, 1.82) is 0 Å². The molecule has 132 valence electrons. The number of halogens is 2. The minimum absolute atomic E-state index is 0.176. The fraction of sp³-hybridized carbons (Fsp3) is 0.0625. The minimum atomic E-state index is -0.249. The SMILES string of the molecule is O=C(CSc1nnc(-c2ccccn2)s1)N/N=C/c1ccc(Cl)c(Cl)c1. The Morgan fingerprint density at radius 1 is 1.23 bits per heavy atom. The minimum Gasteiger partial charge on any atom is -0.272 e. The normalized spacial score (nSPS) is 11.0. The van der Waals surface area contributed by atoms with E-state index in [1.165, 1.54) is 29.3 Å². The topological polar surface area (TPSA) is 80.1 Å². The molecule has 0 atom stereocenters. The van der Waals surface area contributed by atoms with Crippen LogP contribution in [0, 0.1) is 0 Å². The van der Waals surface area contributed by atoms with Gasteiger partial charge in [-0.3, -0.25) is 9.78 Å². The second kappa shape index (κ2) is 9.09. The van der Waals surface area contributed by atoms with E-state index in [9.17, 15) is 4.79 Å². The Bertz CT molecular complexity index is 933. The molecule has 0 aliphatic heterocycles. The van der Waals surface area contributed by atoms with Crippen LogP contribution in [0.3, 0.4) is 0 Å². The number of thioether (sulfide) groups is 1. The first-order valence-corrected chi connectivity index (χ1v) is 9.82. The maximum Gasteiger partial charge on any atom is 0.250 e. The third-order valence-electron chi connectivity index (χ3n) is 2.96. The number of nitrogens with one attached hydrogen (secondary N) is 1. The number of amides is 1. The summed E-state index contributed by atoms with van der Waals surface area (Å²) in [5.41, 5.74) is 3.94. The van der Waals surface area contributed by atoms with Crippen LogP contribution in [0.15, 0.2) is 52.0 Å². The summed E-state index contributed by atoms with van der Waals surface area (Å²) in [6, 6.07) is 10.7. The highest BCUT2D eigenvalue weighted by atomic mass is 35.5. The lowest BCUT2D eigenvalue weighted by Crippen LogP contribution is -2.19. The van der Waals surface area contributed by atoms with Crippen molar-refractivity contribution in [2.45, 2.75) is 4.34 Å². The van der Waals surface area contributed by atoms with E-state index >= 15 is 0 Å². The van der Waals surface area contributed by atoms with Crippen LogP contribution in [0.4, 0.5) is 0 Å². The fourth-order valence-corrected chi connectivity index (χ4v) is 3.72. The highest BCUT2D eigenvalue weighted by Crippen LogP contribution is 2.27. The average Bonchev–Trinajstić information content (AvgIpc) is 3.13. The third-order valence-corrected chi connectivity index (χ3v) is 5.78. The van der Waals surface area contributed by atoms with Gasteiger partial charge in [-0.15, -0.1) is 10.2 Å². The molecular formula is C16H11Cl2N5OS2. The van der Waals surface area contributed by atoms with Gasteiger partial charge in [0.1, 0.15) is 5.69 Å². The molecule has 0 aliphatic carbocycles. The number of hydrogen-bond acceptors (Lipinski definition) is 7. The van der Waals surface area contributed by atoms with Gasteiger partial charge in [0.15, 0.2) is 9.35 Å². The molecule has 2 aromatic heterocycles. The largest absolute Gasteiger partial charge is 0.272 e. The first kappa shape index (κ1) is 18.8. The number of pyridine rings is 1. The second-order valence-electron chi connectivity index (χ2n) is 4.84. The zero-order valence-corrected chi connectivity index (χ0v) is 16.2. The van der Waals surface area contributed by atoms with E-state index in [4.69, 9.17) is 23.2 Å². The van der Waals surface area contributed by atoms with Crippen molar-refractivity contribution in [1.82, 2.24) is 20.6 Å². The molecular weight excluding hydrogens is 413 g/mol. The third kappa shape index (κ3) is 5.25. The molecule has 0 aliphatic rings. The zero-order valence-electron chi connectivity index (χ0n) is 13.1. The molecule has 1 aromatic carbocycles. The van der Waals surface area contributed by atoms with E-state index in [2.05, 4.69) is 25.7 Å². The number of carbonyl (C=O) groups is 1. The van der Waals surface area contributed by atoms with Crippen molar-refractivity contribution >= 4 is 58.4 Å². The summed E-state index contributed by atoms with van der Waals surface area (Å²) < 4.78 is 0.689. The lowest BCUT2D eigenvalue weighted by atomic mass is 10.2. The molecule has 0 radical (unpaired) electrons. The molecule has 3 rings (SSSR count). The van der Waals surface area contributed by atoms with Gasteiger partial charge in [-0.25, -0.2) is 5.43 Å². The maximum absolute atomic E-state index is 11.9. The van der Waals surface area contributed by atoms with Crippen LogP contribution in [0.1, 0.15) is 5.56 Å². The molecule has 2 heterocycles. The van der Waals surface area contributed by atoms with Gasteiger partial charge in [-0.1, -0.05) is 58.4 Å². The van der Waals surface area contributed by atoms with Crippen molar-refractivity contribution in [3.05, 3.63) is 58.2 Å². The first-order chi connectivity index (χ1) is 12.6. The number of aromatic nitrogens is 3. The van der Waals surface area contributed by atoms with Gasteiger partial charge < -0.3 is 0 Å². The summed E-state index contributed by atoms with van der Waals surface area (Å²) in [7, 11) is 0. The van der Waals surface area contributed by atoms with Crippen LogP contribution < -0.4 is 5.43 Å². The second-order valence-corrected chi connectivity index (χ2v) is 7.86. The first-order valence-electron chi connectivity index (χ1n) is 7.26. The number of hydrogen-bond donors (Lipinski definition) is 1. The number of carbonyl (C=O) groups excluding carboxylic acids is 1. The lowest BCUT2D eigenvalue weighted by molar-refractivity contribution is -0.118. The molecule has 0 saturated carbocycles. The molecule has 10 heteroatoms. The Labute approximate surface area is 167 Å². The van der Waals surface area contributed by atoms with Gasteiger partial charge in [-0.05, 0) is 29.8 Å². The molecule has 0 saturated heterocycles. The Balaban J connectivity index is 1.49. The van der Waals surface area contributed by atoms with Crippen molar-refractivity contribution in [3.8, 4) is 10.7 Å². The highest BCUT2D eigenvalue weighted by Gasteiger charge is 2.09. The molecule has 3 aromatic rings. The van der Waals surface area contributed by atoms with Gasteiger partial charge >= 0.3 is 0 Å². The molecule has 0 spiro atoms. The van der Waals surface area contributed by atoms with E-state index < -0.39 is 0 Å². The van der Waals surface area contributed by atoms with E-state index in [1.54, 1.807) is 24.4 Å².